The average Bonchev–Trinajstić information content (AvgIpc) is 3.40. The normalized spacial score (nSPS) is 17.0. The van der Waals surface area contributed by atoms with Crippen LogP contribution in [0.25, 0.3) is 10.9 Å². The number of rotatable bonds is 2. The van der Waals surface area contributed by atoms with Gasteiger partial charge in [-0.1, -0.05) is 0 Å². The molecule has 0 saturated carbocycles. The van der Waals surface area contributed by atoms with E-state index in [-0.39, 0.29) is 11.8 Å². The maximum absolute atomic E-state index is 13.0. The summed E-state index contributed by atoms with van der Waals surface area (Å²) in [6, 6.07) is 9.36. The van der Waals surface area contributed by atoms with E-state index in [0.29, 0.717) is 31.9 Å². The third kappa shape index (κ3) is 2.89. The van der Waals surface area contributed by atoms with E-state index in [1.165, 1.54) is 35.7 Å². The number of nitrogens with zero attached hydrogens (tertiary/aromatic N) is 2. The Kier molecular flexibility index (Phi) is 4.19. The standard InChI is InChI=1S/C22H23N3O3/c26-21(24-9-11-25(12-10-24)22(27)20-6-3-13-28-20)15-7-8-19-17(14-15)16-4-1-2-5-18(16)23-19/h3,6-8,13-14,23H,1-2,4-5,9-12H2. The second-order valence-electron chi connectivity index (χ2n) is 7.61. The summed E-state index contributed by atoms with van der Waals surface area (Å²) in [6.45, 7) is 2.11. The Morgan fingerprint density at radius 2 is 1.68 bits per heavy atom. The summed E-state index contributed by atoms with van der Waals surface area (Å²) in [7, 11) is 0. The van der Waals surface area contributed by atoms with Crippen LogP contribution in [-0.2, 0) is 12.8 Å². The first-order valence-electron chi connectivity index (χ1n) is 9.96. The summed E-state index contributed by atoms with van der Waals surface area (Å²) >= 11 is 0. The molecule has 0 bridgehead atoms. The van der Waals surface area contributed by atoms with Crippen molar-refractivity contribution in [2.45, 2.75) is 25.7 Å². The Bertz CT molecular complexity index is 1030. The number of aromatic nitrogens is 1. The van der Waals surface area contributed by atoms with Gasteiger partial charge in [0.1, 0.15) is 0 Å². The van der Waals surface area contributed by atoms with Crippen LogP contribution in [0.15, 0.2) is 41.0 Å². The minimum absolute atomic E-state index is 0.0396. The number of benzene rings is 1. The summed E-state index contributed by atoms with van der Waals surface area (Å²) in [5.74, 6) is 0.276. The molecule has 0 unspecified atom stereocenters. The number of hydrogen-bond acceptors (Lipinski definition) is 3. The minimum atomic E-state index is -0.113. The van der Waals surface area contributed by atoms with Crippen LogP contribution in [0.3, 0.4) is 0 Å². The van der Waals surface area contributed by atoms with Crippen molar-refractivity contribution in [2.24, 2.45) is 0 Å². The Morgan fingerprint density at radius 1 is 0.929 bits per heavy atom. The van der Waals surface area contributed by atoms with Crippen molar-refractivity contribution in [1.82, 2.24) is 14.8 Å². The number of amides is 2. The van der Waals surface area contributed by atoms with Gasteiger partial charge in [0.25, 0.3) is 11.8 Å². The second kappa shape index (κ2) is 6.86. The van der Waals surface area contributed by atoms with Gasteiger partial charge in [0.2, 0.25) is 0 Å². The molecule has 1 aromatic carbocycles. The van der Waals surface area contributed by atoms with Gasteiger partial charge < -0.3 is 19.2 Å². The van der Waals surface area contributed by atoms with E-state index in [9.17, 15) is 9.59 Å². The van der Waals surface area contributed by atoms with E-state index >= 15 is 0 Å². The molecular weight excluding hydrogens is 354 g/mol. The lowest BCUT2D eigenvalue weighted by molar-refractivity contribution is 0.0518. The highest BCUT2D eigenvalue weighted by atomic mass is 16.3. The molecule has 5 rings (SSSR count). The SMILES string of the molecule is O=C(c1ccc2[nH]c3c(c2c1)CCCC3)N1CCN(C(=O)c2ccco2)CC1. The lowest BCUT2D eigenvalue weighted by Gasteiger charge is -2.34. The molecule has 2 amide bonds. The number of piperazine rings is 1. The van der Waals surface area contributed by atoms with Crippen molar-refractivity contribution in [1.29, 1.82) is 0 Å². The zero-order chi connectivity index (χ0) is 19.1. The van der Waals surface area contributed by atoms with Crippen LogP contribution in [0.4, 0.5) is 0 Å². The highest BCUT2D eigenvalue weighted by molar-refractivity contribution is 5.99. The van der Waals surface area contributed by atoms with Gasteiger partial charge in [-0.25, -0.2) is 0 Å². The van der Waals surface area contributed by atoms with Gasteiger partial charge >= 0.3 is 0 Å². The number of carbonyl (C=O) groups is 2. The van der Waals surface area contributed by atoms with Gasteiger partial charge in [-0.3, -0.25) is 9.59 Å². The number of H-pyrrole nitrogens is 1. The fourth-order valence-corrected chi connectivity index (χ4v) is 4.39. The summed E-state index contributed by atoms with van der Waals surface area (Å²) in [5.41, 5.74) is 4.56. The van der Waals surface area contributed by atoms with E-state index in [1.54, 1.807) is 17.0 Å². The molecular formula is C22H23N3O3. The molecule has 28 heavy (non-hydrogen) atoms. The Morgan fingerprint density at radius 3 is 2.43 bits per heavy atom. The molecule has 1 aliphatic carbocycles. The van der Waals surface area contributed by atoms with Crippen molar-refractivity contribution in [2.75, 3.05) is 26.2 Å². The van der Waals surface area contributed by atoms with E-state index in [2.05, 4.69) is 4.98 Å². The molecule has 6 nitrogen and oxygen atoms in total. The quantitative estimate of drug-likeness (QED) is 0.745. The van der Waals surface area contributed by atoms with Crippen LogP contribution in [-0.4, -0.2) is 52.8 Å². The molecule has 144 valence electrons. The molecule has 2 aromatic heterocycles. The molecule has 6 heteroatoms. The van der Waals surface area contributed by atoms with Gasteiger partial charge in [-0.2, -0.15) is 0 Å². The van der Waals surface area contributed by atoms with E-state index < -0.39 is 0 Å². The molecule has 3 aromatic rings. The number of nitrogens with one attached hydrogen (secondary N) is 1. The Labute approximate surface area is 163 Å². The van der Waals surface area contributed by atoms with E-state index in [4.69, 9.17) is 4.42 Å². The highest BCUT2D eigenvalue weighted by Crippen LogP contribution is 2.30. The van der Waals surface area contributed by atoms with Gasteiger partial charge in [-0.05, 0) is 61.6 Å². The van der Waals surface area contributed by atoms with Crippen LogP contribution in [0.5, 0.6) is 0 Å². The van der Waals surface area contributed by atoms with Crippen LogP contribution in [0.1, 0.15) is 45.0 Å². The summed E-state index contributed by atoms with van der Waals surface area (Å²) in [5, 5.41) is 1.19. The average molecular weight is 377 g/mol. The first-order chi connectivity index (χ1) is 13.7. The largest absolute Gasteiger partial charge is 0.459 e. The summed E-state index contributed by atoms with van der Waals surface area (Å²) in [4.78, 5) is 32.5. The first-order valence-corrected chi connectivity index (χ1v) is 9.96. The molecule has 0 spiro atoms. The number of hydrogen-bond donors (Lipinski definition) is 1. The first kappa shape index (κ1) is 17.1. The maximum atomic E-state index is 13.0. The van der Waals surface area contributed by atoms with Crippen molar-refractivity contribution >= 4 is 22.7 Å². The maximum Gasteiger partial charge on any atom is 0.289 e. The molecule has 0 atom stereocenters. The topological polar surface area (TPSA) is 69.6 Å². The molecule has 3 heterocycles. The Balaban J connectivity index is 1.31. The highest BCUT2D eigenvalue weighted by Gasteiger charge is 2.27. The van der Waals surface area contributed by atoms with Gasteiger partial charge in [0, 0.05) is 48.3 Å². The lowest BCUT2D eigenvalue weighted by Crippen LogP contribution is -2.50. The third-order valence-electron chi connectivity index (χ3n) is 5.93. The molecule has 1 N–H and O–H groups in total. The zero-order valence-corrected chi connectivity index (χ0v) is 15.7. The minimum Gasteiger partial charge on any atom is -0.459 e. The third-order valence-corrected chi connectivity index (χ3v) is 5.93. The summed E-state index contributed by atoms with van der Waals surface area (Å²) < 4.78 is 5.20. The number of aromatic amines is 1. The van der Waals surface area contributed by atoms with E-state index in [0.717, 1.165) is 23.9 Å². The number of furan rings is 1. The number of carbonyl (C=O) groups excluding carboxylic acids is 2. The van der Waals surface area contributed by atoms with Crippen molar-refractivity contribution in [3.8, 4) is 0 Å². The molecule has 1 saturated heterocycles. The van der Waals surface area contributed by atoms with Crippen molar-refractivity contribution in [3.05, 3.63) is 59.2 Å². The van der Waals surface area contributed by atoms with Gasteiger partial charge in [-0.15, -0.1) is 0 Å². The molecule has 2 aliphatic rings. The predicted molar refractivity (Wildman–Crippen MR) is 105 cm³/mol. The smallest absolute Gasteiger partial charge is 0.289 e. The van der Waals surface area contributed by atoms with Crippen LogP contribution >= 0.6 is 0 Å². The fraction of sp³-hybridized carbons (Fsp3) is 0.364. The predicted octanol–water partition coefficient (Wildman–Crippen LogP) is 3.24. The second-order valence-corrected chi connectivity index (χ2v) is 7.61. The fourth-order valence-electron chi connectivity index (χ4n) is 4.39. The van der Waals surface area contributed by atoms with E-state index in [1.807, 2.05) is 23.1 Å². The van der Waals surface area contributed by atoms with Crippen LogP contribution in [0.2, 0.25) is 0 Å². The molecule has 1 aliphatic heterocycles. The van der Waals surface area contributed by atoms with Crippen LogP contribution < -0.4 is 0 Å². The number of aryl methyl sites for hydroxylation is 2. The van der Waals surface area contributed by atoms with Crippen molar-refractivity contribution in [3.63, 3.8) is 0 Å². The summed E-state index contributed by atoms with van der Waals surface area (Å²) in [6.07, 6.45) is 6.12. The lowest BCUT2D eigenvalue weighted by atomic mass is 9.95. The van der Waals surface area contributed by atoms with Crippen molar-refractivity contribution < 1.29 is 14.0 Å². The molecule has 1 fully saturated rings. The monoisotopic (exact) mass is 377 g/mol. The number of fused-ring (bicyclic) bond motifs is 3. The Hall–Kier alpha value is -3.02. The van der Waals surface area contributed by atoms with Crippen LogP contribution in [0, 0.1) is 0 Å². The molecule has 0 radical (unpaired) electrons. The van der Waals surface area contributed by atoms with Gasteiger partial charge in [0.15, 0.2) is 5.76 Å². The van der Waals surface area contributed by atoms with Gasteiger partial charge in [0.05, 0.1) is 6.26 Å². The zero-order valence-electron chi connectivity index (χ0n) is 15.7.